The molecule has 3 aromatic rings. The molecule has 0 fully saturated rings. The van der Waals surface area contributed by atoms with Crippen molar-refractivity contribution in [3.05, 3.63) is 69.5 Å². The van der Waals surface area contributed by atoms with Gasteiger partial charge in [-0.1, -0.05) is 0 Å². The zero-order valence-electron chi connectivity index (χ0n) is 15.6. The number of carbonyl (C=O) groups excluding carboxylic acids is 1. The standard InChI is InChI=1S/C20H16N2O8/c1-10-14(20(26)27)9-17(30-10)12-2-4-13(5-3-12)21-18(24)8-11-6-15(22(28)29)19(25)16(23)7-11/h2-7,9,23,25H,8H2,1H3,(H,21,24)(H,26,27). The molecule has 0 atom stereocenters. The second kappa shape index (κ2) is 7.95. The maximum absolute atomic E-state index is 12.2. The van der Waals surface area contributed by atoms with Crippen LogP contribution < -0.4 is 5.32 Å². The number of benzene rings is 2. The Bertz CT molecular complexity index is 1150. The van der Waals surface area contributed by atoms with E-state index in [1.54, 1.807) is 31.2 Å². The van der Waals surface area contributed by atoms with Crippen molar-refractivity contribution in [2.75, 3.05) is 5.32 Å². The minimum Gasteiger partial charge on any atom is -0.504 e. The fourth-order valence-electron chi connectivity index (χ4n) is 2.85. The van der Waals surface area contributed by atoms with E-state index in [9.17, 15) is 29.9 Å². The number of nitro benzene ring substituents is 1. The first-order valence-corrected chi connectivity index (χ1v) is 8.59. The van der Waals surface area contributed by atoms with Gasteiger partial charge < -0.3 is 25.1 Å². The van der Waals surface area contributed by atoms with Crippen molar-refractivity contribution in [1.82, 2.24) is 0 Å². The van der Waals surface area contributed by atoms with Crippen LogP contribution in [-0.4, -0.2) is 32.1 Å². The second-order valence-electron chi connectivity index (χ2n) is 6.43. The van der Waals surface area contributed by atoms with E-state index in [1.807, 2.05) is 0 Å². The van der Waals surface area contributed by atoms with Crippen LogP contribution in [0, 0.1) is 17.0 Å². The second-order valence-corrected chi connectivity index (χ2v) is 6.43. The van der Waals surface area contributed by atoms with E-state index in [0.717, 1.165) is 12.1 Å². The molecule has 0 radical (unpaired) electrons. The number of phenolic OH excluding ortho intramolecular Hbond substituents is 2. The van der Waals surface area contributed by atoms with Crippen LogP contribution in [0.4, 0.5) is 11.4 Å². The molecule has 1 amide bonds. The molecule has 0 saturated heterocycles. The number of carboxylic acids is 1. The molecular weight excluding hydrogens is 396 g/mol. The summed E-state index contributed by atoms with van der Waals surface area (Å²) in [5, 5.41) is 41.7. The lowest BCUT2D eigenvalue weighted by Gasteiger charge is -2.07. The van der Waals surface area contributed by atoms with Crippen LogP contribution in [0.3, 0.4) is 0 Å². The van der Waals surface area contributed by atoms with Gasteiger partial charge in [0.15, 0.2) is 5.75 Å². The number of carbonyl (C=O) groups is 2. The van der Waals surface area contributed by atoms with Gasteiger partial charge in [-0.15, -0.1) is 0 Å². The maximum Gasteiger partial charge on any atom is 0.339 e. The Hall–Kier alpha value is -4.34. The van der Waals surface area contributed by atoms with Gasteiger partial charge in [-0.05, 0) is 48.9 Å². The summed E-state index contributed by atoms with van der Waals surface area (Å²) in [6, 6.07) is 9.94. The summed E-state index contributed by atoms with van der Waals surface area (Å²) < 4.78 is 5.45. The number of phenols is 2. The van der Waals surface area contributed by atoms with E-state index in [1.165, 1.54) is 6.07 Å². The first-order chi connectivity index (χ1) is 14.2. The smallest absolute Gasteiger partial charge is 0.339 e. The summed E-state index contributed by atoms with van der Waals surface area (Å²) >= 11 is 0. The molecule has 1 heterocycles. The lowest BCUT2D eigenvalue weighted by atomic mass is 10.1. The third-order valence-corrected chi connectivity index (χ3v) is 4.29. The molecule has 4 N–H and O–H groups in total. The van der Waals surface area contributed by atoms with Gasteiger partial charge in [0.1, 0.15) is 17.1 Å². The molecule has 0 unspecified atom stereocenters. The van der Waals surface area contributed by atoms with Crippen LogP contribution in [0.2, 0.25) is 0 Å². The van der Waals surface area contributed by atoms with Crippen molar-refractivity contribution < 1.29 is 34.2 Å². The summed E-state index contributed by atoms with van der Waals surface area (Å²) in [6.45, 7) is 1.55. The molecule has 1 aromatic heterocycles. The molecule has 10 heteroatoms. The number of rotatable bonds is 6. The van der Waals surface area contributed by atoms with Gasteiger partial charge in [-0.2, -0.15) is 0 Å². The molecule has 0 aliphatic heterocycles. The summed E-state index contributed by atoms with van der Waals surface area (Å²) in [6.07, 6.45) is -0.268. The van der Waals surface area contributed by atoms with Gasteiger partial charge >= 0.3 is 11.7 Å². The zero-order chi connectivity index (χ0) is 22.0. The Morgan fingerprint density at radius 3 is 2.37 bits per heavy atom. The number of carboxylic acid groups (broad SMARTS) is 1. The summed E-state index contributed by atoms with van der Waals surface area (Å²) in [4.78, 5) is 33.4. The summed E-state index contributed by atoms with van der Waals surface area (Å²) in [7, 11) is 0. The number of aryl methyl sites for hydroxylation is 1. The molecule has 0 saturated carbocycles. The van der Waals surface area contributed by atoms with E-state index in [0.29, 0.717) is 17.0 Å². The first kappa shape index (κ1) is 20.4. The van der Waals surface area contributed by atoms with Crippen molar-refractivity contribution >= 4 is 23.3 Å². The highest BCUT2D eigenvalue weighted by Crippen LogP contribution is 2.36. The molecule has 0 aliphatic rings. The van der Waals surface area contributed by atoms with Crippen LogP contribution in [-0.2, 0) is 11.2 Å². The van der Waals surface area contributed by atoms with Crippen LogP contribution in [0.1, 0.15) is 21.7 Å². The van der Waals surface area contributed by atoms with Gasteiger partial charge in [0, 0.05) is 17.3 Å². The Morgan fingerprint density at radius 1 is 1.13 bits per heavy atom. The van der Waals surface area contributed by atoms with Crippen molar-refractivity contribution in [3.63, 3.8) is 0 Å². The lowest BCUT2D eigenvalue weighted by Crippen LogP contribution is -2.14. The Morgan fingerprint density at radius 2 is 1.80 bits per heavy atom. The normalized spacial score (nSPS) is 10.6. The van der Waals surface area contributed by atoms with E-state index >= 15 is 0 Å². The molecular formula is C20H16N2O8. The third kappa shape index (κ3) is 4.22. The lowest BCUT2D eigenvalue weighted by molar-refractivity contribution is -0.386. The molecule has 3 rings (SSSR count). The monoisotopic (exact) mass is 412 g/mol. The van der Waals surface area contributed by atoms with Gasteiger partial charge in [0.25, 0.3) is 0 Å². The first-order valence-electron chi connectivity index (χ1n) is 8.59. The molecule has 30 heavy (non-hydrogen) atoms. The number of amides is 1. The summed E-state index contributed by atoms with van der Waals surface area (Å²) in [5.74, 6) is -2.49. The Balaban J connectivity index is 1.72. The topological polar surface area (TPSA) is 163 Å². The highest BCUT2D eigenvalue weighted by Gasteiger charge is 2.20. The van der Waals surface area contributed by atoms with Crippen molar-refractivity contribution in [1.29, 1.82) is 0 Å². The summed E-state index contributed by atoms with van der Waals surface area (Å²) in [5.41, 5.74) is 0.564. The number of hydrogen-bond acceptors (Lipinski definition) is 7. The Kier molecular flexibility index (Phi) is 5.41. The van der Waals surface area contributed by atoms with Gasteiger partial charge in [0.05, 0.1) is 11.3 Å². The van der Waals surface area contributed by atoms with Gasteiger partial charge in [-0.25, -0.2) is 4.79 Å². The van der Waals surface area contributed by atoms with Crippen molar-refractivity contribution in [2.45, 2.75) is 13.3 Å². The fraction of sp³-hybridized carbons (Fsp3) is 0.100. The maximum atomic E-state index is 12.2. The molecule has 10 nitrogen and oxygen atoms in total. The molecule has 0 aliphatic carbocycles. The van der Waals surface area contributed by atoms with Crippen molar-refractivity contribution in [2.24, 2.45) is 0 Å². The molecule has 154 valence electrons. The van der Waals surface area contributed by atoms with Crippen LogP contribution in [0.5, 0.6) is 11.5 Å². The number of nitro groups is 1. The third-order valence-electron chi connectivity index (χ3n) is 4.29. The number of aromatic carboxylic acids is 1. The number of hydrogen-bond donors (Lipinski definition) is 4. The largest absolute Gasteiger partial charge is 0.504 e. The number of nitrogens with zero attached hydrogens (tertiary/aromatic N) is 1. The predicted molar refractivity (Wildman–Crippen MR) is 105 cm³/mol. The predicted octanol–water partition coefficient (Wildman–Crippen LogP) is 3.45. The molecule has 0 bridgehead atoms. The number of anilines is 1. The van der Waals surface area contributed by atoms with Crippen molar-refractivity contribution in [3.8, 4) is 22.8 Å². The van der Waals surface area contributed by atoms with Gasteiger partial charge in [-0.3, -0.25) is 14.9 Å². The van der Waals surface area contributed by atoms with Gasteiger partial charge in [0.2, 0.25) is 11.7 Å². The quantitative estimate of drug-likeness (QED) is 0.272. The molecule has 0 spiro atoms. The average Bonchev–Trinajstić information content (AvgIpc) is 3.06. The number of nitrogens with one attached hydrogen (secondary N) is 1. The minimum atomic E-state index is -1.09. The van der Waals surface area contributed by atoms with E-state index in [2.05, 4.69) is 5.32 Å². The number of furan rings is 1. The van der Waals surface area contributed by atoms with Crippen LogP contribution in [0.15, 0.2) is 46.9 Å². The number of aromatic hydroxyl groups is 2. The van der Waals surface area contributed by atoms with Crippen LogP contribution >= 0.6 is 0 Å². The highest BCUT2D eigenvalue weighted by atomic mass is 16.6. The fourth-order valence-corrected chi connectivity index (χ4v) is 2.85. The zero-order valence-corrected chi connectivity index (χ0v) is 15.6. The Labute approximate surface area is 169 Å². The average molecular weight is 412 g/mol. The molecule has 2 aromatic carbocycles. The SMILES string of the molecule is Cc1oc(-c2ccc(NC(=O)Cc3cc(O)c(O)c([N+](=O)[O-])c3)cc2)cc1C(=O)O. The minimum absolute atomic E-state index is 0.0635. The van der Waals surface area contributed by atoms with E-state index < -0.39 is 34.0 Å². The van der Waals surface area contributed by atoms with E-state index in [-0.39, 0.29) is 23.3 Å². The van der Waals surface area contributed by atoms with Crippen LogP contribution in [0.25, 0.3) is 11.3 Å². The highest BCUT2D eigenvalue weighted by molar-refractivity contribution is 5.93. The van der Waals surface area contributed by atoms with E-state index in [4.69, 9.17) is 9.52 Å².